The molecule has 8 heavy (non-hydrogen) atoms. The van der Waals surface area contributed by atoms with Gasteiger partial charge in [-0.25, -0.2) is 0 Å². The highest BCUT2D eigenvalue weighted by atomic mass is 14.7. The maximum atomic E-state index is 5.20. The quantitative estimate of drug-likeness (QED) is 0.540. The number of nitrogens with two attached hydrogens (primary N) is 1. The maximum Gasteiger partial charge on any atom is 0.0508 e. The van der Waals surface area contributed by atoms with Gasteiger partial charge in [0.1, 0.15) is 0 Å². The van der Waals surface area contributed by atoms with Crippen LogP contribution in [0.4, 0.5) is 0 Å². The summed E-state index contributed by atoms with van der Waals surface area (Å²) in [6.45, 7) is 3.58. The highest BCUT2D eigenvalue weighted by molar-refractivity contribution is 5.56. The largest absolute Gasteiger partial charge is 0.329 e. The number of aliphatic imine (C=N–C) groups is 1. The van der Waals surface area contributed by atoms with Crippen LogP contribution in [-0.2, 0) is 0 Å². The minimum absolute atomic E-state index is 0.667. The molecule has 0 atom stereocenters. The van der Waals surface area contributed by atoms with Gasteiger partial charge >= 0.3 is 0 Å². The smallest absolute Gasteiger partial charge is 0.0508 e. The van der Waals surface area contributed by atoms with Crippen molar-refractivity contribution < 1.29 is 0 Å². The van der Waals surface area contributed by atoms with E-state index in [2.05, 4.69) is 11.9 Å². The Balaban J connectivity index is 2.83. The van der Waals surface area contributed by atoms with E-state index >= 15 is 0 Å². The SMILES string of the molecule is CCCC=NCCN. The summed E-state index contributed by atoms with van der Waals surface area (Å²) in [4.78, 5) is 4.03. The maximum absolute atomic E-state index is 5.20. The molecule has 0 fully saturated rings. The zero-order chi connectivity index (χ0) is 6.24. The lowest BCUT2D eigenvalue weighted by Crippen LogP contribution is -2.01. The molecule has 2 N–H and O–H groups in total. The Morgan fingerprint density at radius 1 is 1.62 bits per heavy atom. The fourth-order valence-electron chi connectivity index (χ4n) is 0.386. The molecular weight excluding hydrogens is 100 g/mol. The summed E-state index contributed by atoms with van der Waals surface area (Å²) in [7, 11) is 0. The minimum Gasteiger partial charge on any atom is -0.329 e. The van der Waals surface area contributed by atoms with Crippen LogP contribution in [0.3, 0.4) is 0 Å². The van der Waals surface area contributed by atoms with Gasteiger partial charge in [0.05, 0.1) is 6.54 Å². The second-order valence-electron chi connectivity index (χ2n) is 1.67. The average molecular weight is 114 g/mol. The van der Waals surface area contributed by atoms with Crippen molar-refractivity contribution in [3.05, 3.63) is 0 Å². The monoisotopic (exact) mass is 114 g/mol. The fraction of sp³-hybridized carbons (Fsp3) is 0.833. The molecule has 0 aliphatic heterocycles. The van der Waals surface area contributed by atoms with Crippen LogP contribution in [-0.4, -0.2) is 19.3 Å². The predicted molar refractivity (Wildman–Crippen MR) is 37.3 cm³/mol. The van der Waals surface area contributed by atoms with E-state index in [0.717, 1.165) is 13.0 Å². The van der Waals surface area contributed by atoms with Crippen LogP contribution < -0.4 is 5.73 Å². The van der Waals surface area contributed by atoms with E-state index < -0.39 is 0 Å². The molecule has 0 aromatic rings. The van der Waals surface area contributed by atoms with Crippen molar-refractivity contribution in [2.75, 3.05) is 13.1 Å². The summed E-state index contributed by atoms with van der Waals surface area (Å²) in [6, 6.07) is 0. The molecule has 0 rings (SSSR count). The van der Waals surface area contributed by atoms with Crippen molar-refractivity contribution in [1.29, 1.82) is 0 Å². The normalized spacial score (nSPS) is 10.8. The van der Waals surface area contributed by atoms with Gasteiger partial charge in [0.15, 0.2) is 0 Å². The molecule has 0 amide bonds. The molecule has 48 valence electrons. The average Bonchev–Trinajstić information content (AvgIpc) is 1.81. The van der Waals surface area contributed by atoms with Crippen molar-refractivity contribution >= 4 is 6.21 Å². The van der Waals surface area contributed by atoms with Gasteiger partial charge in [0.2, 0.25) is 0 Å². The zero-order valence-corrected chi connectivity index (χ0v) is 5.43. The summed E-state index contributed by atoms with van der Waals surface area (Å²) < 4.78 is 0. The lowest BCUT2D eigenvalue weighted by molar-refractivity contribution is 0.954. The summed E-state index contributed by atoms with van der Waals surface area (Å²) in [6.07, 6.45) is 4.20. The van der Waals surface area contributed by atoms with Crippen LogP contribution in [0.15, 0.2) is 4.99 Å². The van der Waals surface area contributed by atoms with Crippen molar-refractivity contribution in [1.82, 2.24) is 0 Å². The van der Waals surface area contributed by atoms with Gasteiger partial charge in [0.25, 0.3) is 0 Å². The number of hydrogen-bond donors (Lipinski definition) is 1. The van der Waals surface area contributed by atoms with E-state index in [9.17, 15) is 0 Å². The van der Waals surface area contributed by atoms with Crippen molar-refractivity contribution in [2.24, 2.45) is 10.7 Å². The van der Waals surface area contributed by atoms with Crippen molar-refractivity contribution in [2.45, 2.75) is 19.8 Å². The van der Waals surface area contributed by atoms with Crippen LogP contribution in [0.1, 0.15) is 19.8 Å². The van der Waals surface area contributed by atoms with Crippen molar-refractivity contribution in [3.8, 4) is 0 Å². The highest BCUT2D eigenvalue weighted by Crippen LogP contribution is 1.79. The Morgan fingerprint density at radius 2 is 2.38 bits per heavy atom. The Bertz CT molecular complexity index is 51.5. The fourth-order valence-corrected chi connectivity index (χ4v) is 0.386. The molecule has 0 spiro atoms. The molecule has 2 nitrogen and oxygen atoms in total. The molecule has 0 aliphatic rings. The van der Waals surface area contributed by atoms with Gasteiger partial charge in [-0.3, -0.25) is 4.99 Å². The molecule has 0 aromatic carbocycles. The minimum atomic E-state index is 0.667. The van der Waals surface area contributed by atoms with E-state index in [1.807, 2.05) is 6.21 Å². The standard InChI is InChI=1S/C6H14N2/c1-2-3-5-8-6-4-7/h5H,2-4,6-7H2,1H3. The van der Waals surface area contributed by atoms with E-state index in [4.69, 9.17) is 5.73 Å². The lowest BCUT2D eigenvalue weighted by atomic mass is 10.4. The van der Waals surface area contributed by atoms with Crippen molar-refractivity contribution in [3.63, 3.8) is 0 Å². The summed E-state index contributed by atoms with van der Waals surface area (Å²) in [5.41, 5.74) is 5.20. The van der Waals surface area contributed by atoms with Crippen LogP contribution in [0, 0.1) is 0 Å². The highest BCUT2D eigenvalue weighted by Gasteiger charge is 1.72. The molecule has 0 aromatic heterocycles. The van der Waals surface area contributed by atoms with Gasteiger partial charge in [-0.15, -0.1) is 0 Å². The van der Waals surface area contributed by atoms with E-state index in [-0.39, 0.29) is 0 Å². The van der Waals surface area contributed by atoms with Gasteiger partial charge in [0, 0.05) is 6.54 Å². The molecule has 0 unspecified atom stereocenters. The Hall–Kier alpha value is -0.370. The van der Waals surface area contributed by atoms with Gasteiger partial charge in [-0.2, -0.15) is 0 Å². The molecule has 0 heterocycles. The molecule has 0 aliphatic carbocycles. The first kappa shape index (κ1) is 7.63. The Labute approximate surface area is 50.8 Å². The van der Waals surface area contributed by atoms with Crippen LogP contribution >= 0.6 is 0 Å². The lowest BCUT2D eigenvalue weighted by Gasteiger charge is -1.84. The summed E-state index contributed by atoms with van der Waals surface area (Å²) >= 11 is 0. The topological polar surface area (TPSA) is 38.4 Å². The Kier molecular flexibility index (Phi) is 6.32. The molecule has 0 bridgehead atoms. The number of hydrogen-bond acceptors (Lipinski definition) is 2. The third-order valence-electron chi connectivity index (χ3n) is 0.805. The second kappa shape index (κ2) is 6.63. The number of rotatable bonds is 4. The van der Waals surface area contributed by atoms with Gasteiger partial charge in [-0.1, -0.05) is 13.3 Å². The van der Waals surface area contributed by atoms with E-state index in [0.29, 0.717) is 6.54 Å². The number of unbranched alkanes of at least 4 members (excludes halogenated alkanes) is 1. The van der Waals surface area contributed by atoms with Crippen LogP contribution in [0.5, 0.6) is 0 Å². The Morgan fingerprint density at radius 3 is 2.88 bits per heavy atom. The molecule has 0 saturated carbocycles. The first-order chi connectivity index (χ1) is 3.91. The molecule has 0 saturated heterocycles. The summed E-state index contributed by atoms with van der Waals surface area (Å²) in [5.74, 6) is 0. The zero-order valence-electron chi connectivity index (χ0n) is 5.43. The first-order valence-electron chi connectivity index (χ1n) is 3.10. The van der Waals surface area contributed by atoms with Crippen LogP contribution in [0.2, 0.25) is 0 Å². The third kappa shape index (κ3) is 5.63. The van der Waals surface area contributed by atoms with E-state index in [1.54, 1.807) is 0 Å². The predicted octanol–water partition coefficient (Wildman–Crippen LogP) is 0.816. The number of nitrogens with zero attached hydrogens (tertiary/aromatic N) is 1. The third-order valence-corrected chi connectivity index (χ3v) is 0.805. The first-order valence-corrected chi connectivity index (χ1v) is 3.10. The second-order valence-corrected chi connectivity index (χ2v) is 1.67. The van der Waals surface area contributed by atoms with Gasteiger partial charge in [-0.05, 0) is 12.6 Å². The molecule has 2 heteroatoms. The molecular formula is C6H14N2. The van der Waals surface area contributed by atoms with E-state index in [1.165, 1.54) is 6.42 Å². The van der Waals surface area contributed by atoms with Gasteiger partial charge < -0.3 is 5.73 Å². The van der Waals surface area contributed by atoms with Crippen LogP contribution in [0.25, 0.3) is 0 Å². The summed E-state index contributed by atoms with van der Waals surface area (Å²) in [5, 5.41) is 0. The molecule has 0 radical (unpaired) electrons.